The number of fused-ring (bicyclic) bond motifs is 6. The number of benzene rings is 2. The van der Waals surface area contributed by atoms with Crippen molar-refractivity contribution in [3.63, 3.8) is 0 Å². The molecule has 0 unspecified atom stereocenters. The van der Waals surface area contributed by atoms with Gasteiger partial charge in [-0.05, 0) is 25.7 Å². The van der Waals surface area contributed by atoms with E-state index in [1.807, 2.05) is 95.3 Å². The van der Waals surface area contributed by atoms with Crippen LogP contribution in [-0.2, 0) is 70.3 Å². The van der Waals surface area contributed by atoms with Crippen LogP contribution in [0.2, 0.25) is 0 Å². The van der Waals surface area contributed by atoms with Gasteiger partial charge in [-0.1, -0.05) is 71.0 Å². The first-order chi connectivity index (χ1) is 23.5. The Morgan fingerprint density at radius 3 is 1.34 bits per heavy atom. The summed E-state index contributed by atoms with van der Waals surface area (Å²) in [4.78, 5) is 27.2. The largest absolute Gasteiger partial charge is 2.00 e. The molecule has 0 amide bonds. The van der Waals surface area contributed by atoms with Gasteiger partial charge in [0.25, 0.3) is 0 Å². The van der Waals surface area contributed by atoms with E-state index < -0.39 is 0 Å². The van der Waals surface area contributed by atoms with Crippen LogP contribution >= 0.6 is 0 Å². The van der Waals surface area contributed by atoms with Gasteiger partial charge < -0.3 is 47.0 Å². The molecule has 0 aliphatic carbocycles. The minimum Gasteiger partial charge on any atom is -0.654 e. The van der Waals surface area contributed by atoms with E-state index >= 15 is 0 Å². The summed E-state index contributed by atoms with van der Waals surface area (Å²) >= 11 is 0. The maximum absolute atomic E-state index is 5.83. The number of hydrogen-bond acceptors (Lipinski definition) is 6. The Kier molecular flexibility index (Phi) is 8.62. The zero-order valence-corrected chi connectivity index (χ0v) is 31.5. The molecule has 252 valence electrons. The van der Waals surface area contributed by atoms with Crippen molar-refractivity contribution in [2.75, 3.05) is 0 Å². The number of imidazole rings is 4. The molecule has 10 rings (SSSR count). The van der Waals surface area contributed by atoms with E-state index in [-0.39, 0.29) is 42.1 Å². The second kappa shape index (κ2) is 12.9. The zero-order chi connectivity index (χ0) is 32.5. The molecule has 10 aromatic rings. The third kappa shape index (κ3) is 5.13. The van der Waals surface area contributed by atoms with Gasteiger partial charge in [0.2, 0.25) is 0 Å². The molecule has 14 heteroatoms. The molecule has 0 spiro atoms. The molecule has 0 aliphatic heterocycles. The van der Waals surface area contributed by atoms with Crippen molar-refractivity contribution < 1.29 is 51.0 Å². The summed E-state index contributed by atoms with van der Waals surface area (Å²) in [6, 6.07) is 12.1. The third-order valence-corrected chi connectivity index (χ3v) is 8.66. The van der Waals surface area contributed by atoms with Crippen molar-refractivity contribution in [2.24, 2.45) is 28.2 Å². The Morgan fingerprint density at radius 2 is 0.980 bits per heavy atom. The second-order valence-electron chi connectivity index (χ2n) is 11.6. The Bertz CT molecular complexity index is 2570. The Labute approximate surface area is 313 Å². The van der Waals surface area contributed by atoms with Crippen LogP contribution in [0.15, 0.2) is 94.9 Å². The fourth-order valence-corrected chi connectivity index (χ4v) is 6.29. The first-order valence-corrected chi connectivity index (χ1v) is 15.2. The molecule has 0 saturated carbocycles. The summed E-state index contributed by atoms with van der Waals surface area (Å²) < 4.78 is 19.4. The SMILES string of the molecule is Cn1c[c-]nc1-c1cccc2c1[n-]c1c(-c3nccn3C)coc12.Cn1c[c-]nc1-c1cccc2c1[n-]c1c(-c3nccn3C)coc12.[Pt+2].[Pt+2]. The molecule has 50 heavy (non-hydrogen) atoms. The molecule has 0 fully saturated rings. The molecular formula is C36H26N10O2Pt2. The van der Waals surface area contributed by atoms with Crippen LogP contribution in [0.1, 0.15) is 0 Å². The van der Waals surface area contributed by atoms with E-state index in [1.54, 1.807) is 37.3 Å². The van der Waals surface area contributed by atoms with Gasteiger partial charge >= 0.3 is 42.1 Å². The minimum absolute atomic E-state index is 0. The first kappa shape index (κ1) is 33.3. The van der Waals surface area contributed by atoms with Crippen LogP contribution in [0, 0.1) is 12.4 Å². The summed E-state index contributed by atoms with van der Waals surface area (Å²) in [6.07, 6.45) is 20.2. The van der Waals surface area contributed by atoms with E-state index in [0.717, 1.165) is 89.6 Å². The van der Waals surface area contributed by atoms with Crippen molar-refractivity contribution in [3.05, 3.63) is 98.5 Å². The number of aromatic nitrogens is 10. The number of rotatable bonds is 4. The summed E-state index contributed by atoms with van der Waals surface area (Å²) in [5.41, 5.74) is 8.69. The summed E-state index contributed by atoms with van der Waals surface area (Å²) in [5, 5.41) is 1.96. The van der Waals surface area contributed by atoms with Crippen LogP contribution < -0.4 is 9.97 Å². The maximum atomic E-state index is 5.83. The molecule has 8 aromatic heterocycles. The van der Waals surface area contributed by atoms with Crippen molar-refractivity contribution >= 4 is 44.0 Å². The average molecular weight is 1020 g/mol. The number of hydrogen-bond donors (Lipinski definition) is 0. The van der Waals surface area contributed by atoms with Gasteiger partial charge in [-0.25, -0.2) is 9.97 Å². The van der Waals surface area contributed by atoms with Crippen LogP contribution in [-0.4, -0.2) is 38.2 Å². The van der Waals surface area contributed by atoms with E-state index in [0.29, 0.717) is 0 Å². The number of furan rings is 2. The molecule has 0 N–H and O–H groups in total. The topological polar surface area (TPSA) is 126 Å². The molecule has 0 radical (unpaired) electrons. The predicted octanol–water partition coefficient (Wildman–Crippen LogP) is 6.28. The normalized spacial score (nSPS) is 11.3. The molecule has 12 nitrogen and oxygen atoms in total. The van der Waals surface area contributed by atoms with Crippen molar-refractivity contribution in [1.82, 2.24) is 48.2 Å². The second-order valence-corrected chi connectivity index (χ2v) is 11.6. The number of nitrogens with zero attached hydrogens (tertiary/aromatic N) is 10. The van der Waals surface area contributed by atoms with Crippen LogP contribution in [0.4, 0.5) is 0 Å². The Balaban J connectivity index is 0.000000151. The van der Waals surface area contributed by atoms with Crippen molar-refractivity contribution in [3.8, 4) is 45.6 Å². The smallest absolute Gasteiger partial charge is 0.654 e. The molecular weight excluding hydrogens is 995 g/mol. The maximum Gasteiger partial charge on any atom is 2.00 e. The predicted molar refractivity (Wildman–Crippen MR) is 181 cm³/mol. The van der Waals surface area contributed by atoms with Gasteiger partial charge in [-0.2, -0.15) is 0 Å². The van der Waals surface area contributed by atoms with Gasteiger partial charge in [0.15, 0.2) is 0 Å². The van der Waals surface area contributed by atoms with E-state index in [4.69, 9.17) is 18.8 Å². The van der Waals surface area contributed by atoms with Crippen molar-refractivity contribution in [1.29, 1.82) is 0 Å². The van der Waals surface area contributed by atoms with E-state index in [1.165, 1.54) is 0 Å². The minimum atomic E-state index is 0. The van der Waals surface area contributed by atoms with Gasteiger partial charge in [-0.3, -0.25) is 0 Å². The van der Waals surface area contributed by atoms with Gasteiger partial charge in [0, 0.05) is 60.8 Å². The summed E-state index contributed by atoms with van der Waals surface area (Å²) in [5.74, 6) is 3.34. The standard InChI is InChI=1S/2C18H13N5O.2Pt/c2*1-22-8-6-19-17(22)12-5-3-4-11-14(12)21-15-13(10-24-16(11)15)18-20-7-9-23(18)2;;/h2*3-5,7-10H,1-2H3;;/q2*-2;2*+2. The van der Waals surface area contributed by atoms with Crippen LogP contribution in [0.5, 0.6) is 0 Å². The molecule has 2 aromatic carbocycles. The van der Waals surface area contributed by atoms with Crippen LogP contribution in [0.3, 0.4) is 0 Å². The zero-order valence-electron chi connectivity index (χ0n) is 27.0. The molecule has 8 heterocycles. The Morgan fingerprint density at radius 1 is 0.540 bits per heavy atom. The monoisotopic (exact) mass is 1020 g/mol. The fraction of sp³-hybridized carbons (Fsp3) is 0.111. The van der Waals surface area contributed by atoms with Crippen LogP contribution in [0.25, 0.3) is 89.6 Å². The first-order valence-electron chi connectivity index (χ1n) is 15.2. The molecule has 0 bridgehead atoms. The van der Waals surface area contributed by atoms with Gasteiger partial charge in [0.1, 0.15) is 35.3 Å². The van der Waals surface area contributed by atoms with Crippen molar-refractivity contribution in [2.45, 2.75) is 0 Å². The number of para-hydroxylation sites is 2. The Hall–Kier alpha value is -5.18. The summed E-state index contributed by atoms with van der Waals surface area (Å²) in [6.45, 7) is 0. The van der Waals surface area contributed by atoms with E-state index in [2.05, 4.69) is 32.3 Å². The van der Waals surface area contributed by atoms with E-state index in [9.17, 15) is 0 Å². The average Bonchev–Trinajstić information content (AvgIpc) is 3.92. The quantitative estimate of drug-likeness (QED) is 0.189. The molecule has 0 aliphatic rings. The number of aryl methyl sites for hydroxylation is 4. The third-order valence-electron chi connectivity index (χ3n) is 8.66. The fourth-order valence-electron chi connectivity index (χ4n) is 6.29. The molecule has 0 atom stereocenters. The summed E-state index contributed by atoms with van der Waals surface area (Å²) in [7, 11) is 7.81. The van der Waals surface area contributed by atoms with Gasteiger partial charge in [0.05, 0.1) is 0 Å². The van der Waals surface area contributed by atoms with Gasteiger partial charge in [-0.15, -0.1) is 23.4 Å². The molecule has 0 saturated heterocycles.